The number of urea groups is 1. The molecule has 2 aliphatic rings. The van der Waals surface area contributed by atoms with Crippen LogP contribution in [0.5, 0.6) is 5.75 Å². The Morgan fingerprint density at radius 1 is 1.03 bits per heavy atom. The van der Waals surface area contributed by atoms with Gasteiger partial charge in [0.25, 0.3) is 0 Å². The minimum atomic E-state index is -0.479. The van der Waals surface area contributed by atoms with Gasteiger partial charge in [-0.15, -0.1) is 0 Å². The maximum absolute atomic E-state index is 14.1. The van der Waals surface area contributed by atoms with Gasteiger partial charge in [0.05, 0.1) is 7.11 Å². The summed E-state index contributed by atoms with van der Waals surface area (Å²) in [6, 6.07) is 14.3. The quantitative estimate of drug-likeness (QED) is 0.542. The van der Waals surface area contributed by atoms with Crippen LogP contribution >= 0.6 is 0 Å². The fourth-order valence-corrected chi connectivity index (χ4v) is 5.31. The average Bonchev–Trinajstić information content (AvgIpc) is 2.77. The van der Waals surface area contributed by atoms with Crippen molar-refractivity contribution in [2.45, 2.75) is 57.5 Å². The van der Waals surface area contributed by atoms with E-state index in [0.29, 0.717) is 18.7 Å². The van der Waals surface area contributed by atoms with Crippen LogP contribution in [0, 0.1) is 17.2 Å². The van der Waals surface area contributed by atoms with Crippen molar-refractivity contribution in [3.05, 3.63) is 65.5 Å². The largest absolute Gasteiger partial charge is 0.497 e. The van der Waals surface area contributed by atoms with Gasteiger partial charge in [-0.3, -0.25) is 4.79 Å². The standard InChI is InChI=1S/C27H34FN3O3/c1-26(2,22-6-4-5-7-23(22)28)17-30-24(32)19-12-27(13-19)14-20(15-27)31-25(33)29-16-18-8-10-21(34-3)11-9-18/h4-11,19-20H,12-17H2,1-3H3,(H,30,32)(H2,29,31,33). The average molecular weight is 468 g/mol. The second-order valence-electron chi connectivity index (χ2n) is 10.5. The second-order valence-corrected chi connectivity index (χ2v) is 10.5. The summed E-state index contributed by atoms with van der Waals surface area (Å²) in [5.74, 6) is 0.588. The third-order valence-electron chi connectivity index (χ3n) is 7.34. The van der Waals surface area contributed by atoms with Crippen molar-refractivity contribution in [3.8, 4) is 5.75 Å². The van der Waals surface area contributed by atoms with Crippen molar-refractivity contribution >= 4 is 11.9 Å². The summed E-state index contributed by atoms with van der Waals surface area (Å²) in [6.45, 7) is 4.74. The predicted octanol–water partition coefficient (Wildman–Crippen LogP) is 4.29. The maximum Gasteiger partial charge on any atom is 0.315 e. The van der Waals surface area contributed by atoms with Crippen molar-refractivity contribution in [2.24, 2.45) is 11.3 Å². The smallest absolute Gasteiger partial charge is 0.315 e. The van der Waals surface area contributed by atoms with Gasteiger partial charge in [-0.05, 0) is 60.4 Å². The lowest BCUT2D eigenvalue weighted by molar-refractivity contribution is -0.138. The van der Waals surface area contributed by atoms with Crippen molar-refractivity contribution in [3.63, 3.8) is 0 Å². The Balaban J connectivity index is 1.14. The number of ether oxygens (including phenoxy) is 1. The van der Waals surface area contributed by atoms with Gasteiger partial charge >= 0.3 is 6.03 Å². The van der Waals surface area contributed by atoms with Crippen LogP contribution in [0.2, 0.25) is 0 Å². The van der Waals surface area contributed by atoms with Crippen LogP contribution in [0.1, 0.15) is 50.7 Å². The molecule has 0 aromatic heterocycles. The van der Waals surface area contributed by atoms with E-state index in [1.165, 1.54) is 6.07 Å². The summed E-state index contributed by atoms with van der Waals surface area (Å²) in [6.07, 6.45) is 3.52. The lowest BCUT2D eigenvalue weighted by atomic mass is 9.50. The maximum atomic E-state index is 14.1. The summed E-state index contributed by atoms with van der Waals surface area (Å²) in [5, 5.41) is 8.95. The normalized spacial score (nSPS) is 23.4. The number of methoxy groups -OCH3 is 1. The van der Waals surface area contributed by atoms with E-state index in [1.807, 2.05) is 44.2 Å². The molecule has 3 N–H and O–H groups in total. The molecule has 0 saturated heterocycles. The molecule has 0 heterocycles. The molecule has 2 aromatic rings. The first-order chi connectivity index (χ1) is 16.2. The fraction of sp³-hybridized carbons (Fsp3) is 0.481. The van der Waals surface area contributed by atoms with E-state index in [2.05, 4.69) is 16.0 Å². The van der Waals surface area contributed by atoms with Crippen LogP contribution in [0.15, 0.2) is 48.5 Å². The summed E-state index contributed by atoms with van der Waals surface area (Å²) in [4.78, 5) is 24.9. The highest BCUT2D eigenvalue weighted by atomic mass is 19.1. The van der Waals surface area contributed by atoms with E-state index in [4.69, 9.17) is 4.74 Å². The van der Waals surface area contributed by atoms with Gasteiger partial charge in [-0.25, -0.2) is 9.18 Å². The van der Waals surface area contributed by atoms with E-state index in [-0.39, 0.29) is 35.1 Å². The number of hydrogen-bond acceptors (Lipinski definition) is 3. The molecule has 3 amide bonds. The van der Waals surface area contributed by atoms with E-state index in [0.717, 1.165) is 37.0 Å². The molecule has 6 nitrogen and oxygen atoms in total. The summed E-state index contributed by atoms with van der Waals surface area (Å²) < 4.78 is 19.3. The van der Waals surface area contributed by atoms with Gasteiger partial charge in [0.2, 0.25) is 5.91 Å². The van der Waals surface area contributed by atoms with Crippen LogP contribution < -0.4 is 20.7 Å². The molecule has 0 bridgehead atoms. The second kappa shape index (κ2) is 9.65. The Labute approximate surface area is 200 Å². The van der Waals surface area contributed by atoms with E-state index in [9.17, 15) is 14.0 Å². The number of benzene rings is 2. The molecular formula is C27H34FN3O3. The van der Waals surface area contributed by atoms with Crippen LogP contribution in [-0.4, -0.2) is 31.6 Å². The molecule has 2 saturated carbocycles. The van der Waals surface area contributed by atoms with Gasteiger partial charge in [0.15, 0.2) is 0 Å². The first kappa shape index (κ1) is 24.0. The molecule has 2 aromatic carbocycles. The predicted molar refractivity (Wildman–Crippen MR) is 129 cm³/mol. The zero-order chi connectivity index (χ0) is 24.3. The Kier molecular flexibility index (Phi) is 6.82. The minimum absolute atomic E-state index is 0.00117. The van der Waals surface area contributed by atoms with Gasteiger partial charge in [0, 0.05) is 30.5 Å². The van der Waals surface area contributed by atoms with Crippen LogP contribution in [-0.2, 0) is 16.8 Å². The molecule has 182 valence electrons. The van der Waals surface area contributed by atoms with Crippen LogP contribution in [0.25, 0.3) is 0 Å². The number of nitrogens with one attached hydrogen (secondary N) is 3. The third-order valence-corrected chi connectivity index (χ3v) is 7.34. The number of carbonyl (C=O) groups excluding carboxylic acids is 2. The van der Waals surface area contributed by atoms with Crippen molar-refractivity contribution in [1.82, 2.24) is 16.0 Å². The highest BCUT2D eigenvalue weighted by Gasteiger charge is 2.55. The van der Waals surface area contributed by atoms with Crippen molar-refractivity contribution in [1.29, 1.82) is 0 Å². The van der Waals surface area contributed by atoms with E-state index >= 15 is 0 Å². The Hall–Kier alpha value is -3.09. The molecule has 0 aliphatic heterocycles. The first-order valence-electron chi connectivity index (χ1n) is 11.9. The first-order valence-corrected chi connectivity index (χ1v) is 11.9. The summed E-state index contributed by atoms with van der Waals surface area (Å²) in [7, 11) is 1.62. The molecule has 2 fully saturated rings. The molecule has 2 aliphatic carbocycles. The monoisotopic (exact) mass is 467 g/mol. The molecule has 4 rings (SSSR count). The lowest BCUT2D eigenvalue weighted by Gasteiger charge is -2.57. The number of rotatable bonds is 8. The fourth-order valence-electron chi connectivity index (χ4n) is 5.31. The lowest BCUT2D eigenvalue weighted by Crippen LogP contribution is -2.59. The molecular weight excluding hydrogens is 433 g/mol. The number of amides is 3. The summed E-state index contributed by atoms with van der Waals surface area (Å²) >= 11 is 0. The molecule has 0 unspecified atom stereocenters. The minimum Gasteiger partial charge on any atom is -0.497 e. The van der Waals surface area contributed by atoms with Gasteiger partial charge in [-0.2, -0.15) is 0 Å². The van der Waals surface area contributed by atoms with Gasteiger partial charge < -0.3 is 20.7 Å². The van der Waals surface area contributed by atoms with E-state index in [1.54, 1.807) is 19.2 Å². The molecule has 0 radical (unpaired) electrons. The summed E-state index contributed by atoms with van der Waals surface area (Å²) in [5.41, 5.74) is 1.31. The van der Waals surface area contributed by atoms with Crippen molar-refractivity contribution < 1.29 is 18.7 Å². The number of carbonyl (C=O) groups is 2. The molecule has 0 atom stereocenters. The number of halogens is 1. The van der Waals surface area contributed by atoms with Crippen LogP contribution in [0.3, 0.4) is 0 Å². The Bertz CT molecular complexity index is 1020. The van der Waals surface area contributed by atoms with Gasteiger partial charge in [0.1, 0.15) is 11.6 Å². The third kappa shape index (κ3) is 5.34. The van der Waals surface area contributed by atoms with Crippen LogP contribution in [0.4, 0.5) is 9.18 Å². The molecule has 7 heteroatoms. The zero-order valence-electron chi connectivity index (χ0n) is 20.1. The Morgan fingerprint density at radius 2 is 1.71 bits per heavy atom. The topological polar surface area (TPSA) is 79.5 Å². The Morgan fingerprint density at radius 3 is 2.35 bits per heavy atom. The van der Waals surface area contributed by atoms with E-state index < -0.39 is 5.41 Å². The highest BCUT2D eigenvalue weighted by Crippen LogP contribution is 2.58. The number of hydrogen-bond donors (Lipinski definition) is 3. The highest BCUT2D eigenvalue weighted by molar-refractivity contribution is 5.80. The van der Waals surface area contributed by atoms with Crippen molar-refractivity contribution in [2.75, 3.05) is 13.7 Å². The SMILES string of the molecule is COc1ccc(CNC(=O)NC2CC3(C2)CC(C(=O)NCC(C)(C)c2ccccc2F)C3)cc1. The van der Waals surface area contributed by atoms with Gasteiger partial charge in [-0.1, -0.05) is 44.2 Å². The molecule has 1 spiro atoms. The molecule has 34 heavy (non-hydrogen) atoms. The zero-order valence-corrected chi connectivity index (χ0v) is 20.1.